The summed E-state index contributed by atoms with van der Waals surface area (Å²) in [6, 6.07) is 7.88. The van der Waals surface area contributed by atoms with Gasteiger partial charge in [0.1, 0.15) is 0 Å². The molecule has 0 aliphatic rings. The molecule has 0 amide bonds. The van der Waals surface area contributed by atoms with Crippen molar-refractivity contribution in [2.75, 3.05) is 5.01 Å². The molecule has 0 spiro atoms. The lowest BCUT2D eigenvalue weighted by Gasteiger charge is -2.12. The van der Waals surface area contributed by atoms with E-state index in [2.05, 4.69) is 27.6 Å². The quantitative estimate of drug-likeness (QED) is 0.583. The van der Waals surface area contributed by atoms with Gasteiger partial charge in [0.15, 0.2) is 0 Å². The van der Waals surface area contributed by atoms with Crippen molar-refractivity contribution in [3.8, 4) is 0 Å². The zero-order valence-corrected chi connectivity index (χ0v) is 9.03. The molecular formula is C10H11BrN2. The fraction of sp³-hybridized carbons (Fsp3) is 0.100. The molecule has 1 aromatic carbocycles. The summed E-state index contributed by atoms with van der Waals surface area (Å²) in [4.78, 5) is 0. The van der Waals surface area contributed by atoms with Crippen molar-refractivity contribution >= 4 is 27.8 Å². The molecule has 0 atom stereocenters. The minimum atomic E-state index is 0.997. The molecule has 0 radical (unpaired) electrons. The normalized spacial score (nSPS) is 10.3. The van der Waals surface area contributed by atoms with Crippen molar-refractivity contribution in [2.45, 2.75) is 6.92 Å². The molecule has 68 valence electrons. The fourth-order valence-electron chi connectivity index (χ4n) is 0.937. The van der Waals surface area contributed by atoms with E-state index < -0.39 is 0 Å². The predicted octanol–water partition coefficient (Wildman–Crippen LogP) is 3.40. The standard InChI is InChI=1S/C10H11BrN2/c1-3-12-13(4-2)10-7-5-9(11)6-8-10/h3-8H,2H2,1H3/b12-3-. The summed E-state index contributed by atoms with van der Waals surface area (Å²) in [6.07, 6.45) is 3.40. The highest BCUT2D eigenvalue weighted by atomic mass is 79.9. The van der Waals surface area contributed by atoms with Crippen molar-refractivity contribution in [1.82, 2.24) is 0 Å². The molecule has 0 aliphatic carbocycles. The monoisotopic (exact) mass is 238 g/mol. The number of nitrogens with zero attached hydrogens (tertiary/aromatic N) is 2. The van der Waals surface area contributed by atoms with E-state index in [1.165, 1.54) is 0 Å². The number of hydrogen-bond donors (Lipinski definition) is 0. The van der Waals surface area contributed by atoms with E-state index in [0.717, 1.165) is 10.2 Å². The Morgan fingerprint density at radius 2 is 2.00 bits per heavy atom. The van der Waals surface area contributed by atoms with Gasteiger partial charge in [-0.05, 0) is 31.2 Å². The van der Waals surface area contributed by atoms with Crippen LogP contribution in [0, 0.1) is 0 Å². The van der Waals surface area contributed by atoms with Gasteiger partial charge < -0.3 is 0 Å². The van der Waals surface area contributed by atoms with Gasteiger partial charge in [0.25, 0.3) is 0 Å². The van der Waals surface area contributed by atoms with Crippen LogP contribution < -0.4 is 5.01 Å². The molecule has 0 fully saturated rings. The first-order valence-corrected chi connectivity index (χ1v) is 4.73. The summed E-state index contributed by atoms with van der Waals surface area (Å²) >= 11 is 3.37. The van der Waals surface area contributed by atoms with Crippen molar-refractivity contribution in [3.05, 3.63) is 41.5 Å². The average Bonchev–Trinajstić information content (AvgIpc) is 2.16. The zero-order chi connectivity index (χ0) is 9.68. The maximum absolute atomic E-state index is 4.12. The number of hydrazone groups is 1. The van der Waals surface area contributed by atoms with Crippen molar-refractivity contribution in [2.24, 2.45) is 5.10 Å². The molecule has 3 heteroatoms. The van der Waals surface area contributed by atoms with Gasteiger partial charge in [-0.25, -0.2) is 5.01 Å². The minimum absolute atomic E-state index is 0.997. The van der Waals surface area contributed by atoms with Crippen LogP contribution in [-0.2, 0) is 0 Å². The number of hydrogen-bond acceptors (Lipinski definition) is 2. The first-order chi connectivity index (χ1) is 6.27. The third-order valence-corrected chi connectivity index (χ3v) is 2.03. The van der Waals surface area contributed by atoms with E-state index in [1.807, 2.05) is 31.2 Å². The van der Waals surface area contributed by atoms with E-state index in [1.54, 1.807) is 17.4 Å². The largest absolute Gasteiger partial charge is 0.242 e. The lowest BCUT2D eigenvalue weighted by Crippen LogP contribution is -2.05. The summed E-state index contributed by atoms with van der Waals surface area (Å²) in [5.74, 6) is 0. The number of halogens is 1. The van der Waals surface area contributed by atoms with E-state index >= 15 is 0 Å². The molecule has 0 aromatic heterocycles. The molecule has 0 saturated heterocycles. The molecule has 0 heterocycles. The Morgan fingerprint density at radius 1 is 1.38 bits per heavy atom. The van der Waals surface area contributed by atoms with Crippen molar-refractivity contribution in [3.63, 3.8) is 0 Å². The zero-order valence-electron chi connectivity index (χ0n) is 7.44. The summed E-state index contributed by atoms with van der Waals surface area (Å²) < 4.78 is 1.06. The summed E-state index contributed by atoms with van der Waals surface area (Å²) in [6.45, 7) is 5.55. The van der Waals surface area contributed by atoms with Crippen LogP contribution in [0.2, 0.25) is 0 Å². The Morgan fingerprint density at radius 3 is 2.46 bits per heavy atom. The highest BCUT2D eigenvalue weighted by molar-refractivity contribution is 9.10. The summed E-state index contributed by atoms with van der Waals surface area (Å²) in [7, 11) is 0. The van der Waals surface area contributed by atoms with Crippen LogP contribution in [0.3, 0.4) is 0 Å². The number of rotatable bonds is 3. The van der Waals surface area contributed by atoms with Gasteiger partial charge in [-0.1, -0.05) is 22.5 Å². The summed E-state index contributed by atoms with van der Waals surface area (Å²) in [5.41, 5.74) is 0.997. The highest BCUT2D eigenvalue weighted by Crippen LogP contribution is 2.18. The number of anilines is 1. The molecule has 1 aromatic rings. The van der Waals surface area contributed by atoms with Crippen molar-refractivity contribution < 1.29 is 0 Å². The third-order valence-electron chi connectivity index (χ3n) is 1.50. The van der Waals surface area contributed by atoms with Crippen LogP contribution in [0.1, 0.15) is 6.92 Å². The van der Waals surface area contributed by atoms with Gasteiger partial charge in [-0.2, -0.15) is 5.10 Å². The van der Waals surface area contributed by atoms with E-state index in [9.17, 15) is 0 Å². The molecule has 13 heavy (non-hydrogen) atoms. The Labute approximate surface area is 86.7 Å². The first kappa shape index (κ1) is 9.99. The predicted molar refractivity (Wildman–Crippen MR) is 61.0 cm³/mol. The molecular weight excluding hydrogens is 228 g/mol. The molecule has 0 N–H and O–H groups in total. The molecule has 0 unspecified atom stereocenters. The SMILES string of the molecule is C=CN(/N=C\C)c1ccc(Br)cc1. The molecule has 0 saturated carbocycles. The van der Waals surface area contributed by atoms with Crippen LogP contribution >= 0.6 is 15.9 Å². The van der Waals surface area contributed by atoms with Gasteiger partial charge in [-0.15, -0.1) is 0 Å². The van der Waals surface area contributed by atoms with Crippen LogP contribution in [-0.4, -0.2) is 6.21 Å². The van der Waals surface area contributed by atoms with Gasteiger partial charge in [0.05, 0.1) is 5.69 Å². The molecule has 0 aliphatic heterocycles. The van der Waals surface area contributed by atoms with Crippen molar-refractivity contribution in [1.29, 1.82) is 0 Å². The van der Waals surface area contributed by atoms with Crippen LogP contribution in [0.5, 0.6) is 0 Å². The lowest BCUT2D eigenvalue weighted by atomic mass is 10.3. The lowest BCUT2D eigenvalue weighted by molar-refractivity contribution is 1.09. The molecule has 2 nitrogen and oxygen atoms in total. The second kappa shape index (κ2) is 4.82. The van der Waals surface area contributed by atoms with Gasteiger partial charge in [0.2, 0.25) is 0 Å². The van der Waals surface area contributed by atoms with Gasteiger partial charge in [0, 0.05) is 16.9 Å². The van der Waals surface area contributed by atoms with E-state index in [-0.39, 0.29) is 0 Å². The third kappa shape index (κ3) is 2.70. The van der Waals surface area contributed by atoms with Crippen LogP contribution in [0.4, 0.5) is 5.69 Å². The number of benzene rings is 1. The Kier molecular flexibility index (Phi) is 3.71. The average molecular weight is 239 g/mol. The minimum Gasteiger partial charge on any atom is -0.242 e. The maximum Gasteiger partial charge on any atom is 0.0645 e. The van der Waals surface area contributed by atoms with Gasteiger partial charge >= 0.3 is 0 Å². The molecule has 0 bridgehead atoms. The Balaban J connectivity index is 2.91. The fourth-order valence-corrected chi connectivity index (χ4v) is 1.20. The molecule has 1 rings (SSSR count). The van der Waals surface area contributed by atoms with Gasteiger partial charge in [-0.3, -0.25) is 0 Å². The van der Waals surface area contributed by atoms with E-state index in [0.29, 0.717) is 0 Å². The van der Waals surface area contributed by atoms with E-state index in [4.69, 9.17) is 0 Å². The topological polar surface area (TPSA) is 15.6 Å². The Hall–Kier alpha value is -1.09. The maximum atomic E-state index is 4.12. The van der Waals surface area contributed by atoms with Crippen LogP contribution in [0.15, 0.2) is 46.6 Å². The first-order valence-electron chi connectivity index (χ1n) is 3.94. The van der Waals surface area contributed by atoms with Crippen LogP contribution in [0.25, 0.3) is 0 Å². The summed E-state index contributed by atoms with van der Waals surface area (Å²) in [5, 5.41) is 5.83. The second-order valence-electron chi connectivity index (χ2n) is 2.38. The highest BCUT2D eigenvalue weighted by Gasteiger charge is 1.97. The smallest absolute Gasteiger partial charge is 0.0645 e. The second-order valence-corrected chi connectivity index (χ2v) is 3.29. The Bertz CT molecular complexity index is 303.